The molecule has 0 atom stereocenters. The molecule has 118 valence electrons. The molecular weight excluding hydrogens is 274 g/mol. The molecule has 0 unspecified atom stereocenters. The maximum Gasteiger partial charge on any atom is 0.220 e. The zero-order valence-corrected chi connectivity index (χ0v) is 13.7. The third-order valence-electron chi connectivity index (χ3n) is 3.93. The highest BCUT2D eigenvalue weighted by Gasteiger charge is 2.12. The second-order valence-corrected chi connectivity index (χ2v) is 5.67. The van der Waals surface area contributed by atoms with Gasteiger partial charge in [0.05, 0.1) is 12.2 Å². The second kappa shape index (κ2) is 7.78. The number of amides is 1. The fraction of sp³-hybridized carbons (Fsp3) is 0.444. The summed E-state index contributed by atoms with van der Waals surface area (Å²) in [6, 6.07) is 10.3. The number of hydrogen-bond acceptors (Lipinski definition) is 2. The van der Waals surface area contributed by atoms with Gasteiger partial charge in [0.25, 0.3) is 0 Å². The summed E-state index contributed by atoms with van der Waals surface area (Å²) in [5.74, 6) is 0.122. The third kappa shape index (κ3) is 4.20. The average Bonchev–Trinajstić information content (AvgIpc) is 2.78. The van der Waals surface area contributed by atoms with E-state index in [0.717, 1.165) is 36.3 Å². The van der Waals surface area contributed by atoms with Crippen LogP contribution >= 0.6 is 0 Å². The summed E-state index contributed by atoms with van der Waals surface area (Å²) in [6.45, 7) is 7.49. The van der Waals surface area contributed by atoms with Gasteiger partial charge in [-0.15, -0.1) is 0 Å². The first-order chi connectivity index (χ1) is 10.6. The fourth-order valence-corrected chi connectivity index (χ4v) is 2.51. The molecule has 1 aromatic carbocycles. The number of aromatic nitrogens is 2. The summed E-state index contributed by atoms with van der Waals surface area (Å²) in [5, 5.41) is 7.61. The van der Waals surface area contributed by atoms with Crippen LogP contribution in [-0.2, 0) is 17.9 Å². The van der Waals surface area contributed by atoms with Crippen LogP contribution in [0.2, 0.25) is 0 Å². The molecule has 22 heavy (non-hydrogen) atoms. The Kier molecular flexibility index (Phi) is 5.75. The lowest BCUT2D eigenvalue weighted by Gasteiger charge is -2.07. The molecule has 0 saturated carbocycles. The van der Waals surface area contributed by atoms with Crippen LogP contribution in [-0.4, -0.2) is 15.7 Å². The maximum absolute atomic E-state index is 11.8. The minimum Gasteiger partial charge on any atom is -0.352 e. The van der Waals surface area contributed by atoms with Gasteiger partial charge >= 0.3 is 0 Å². The molecule has 2 rings (SSSR count). The molecule has 1 amide bonds. The Morgan fingerprint density at radius 2 is 1.95 bits per heavy atom. The van der Waals surface area contributed by atoms with E-state index in [1.165, 1.54) is 5.56 Å². The van der Waals surface area contributed by atoms with Gasteiger partial charge in [-0.3, -0.25) is 9.48 Å². The SMILES string of the molecule is CCCCC(=O)NCc1c(C)nn(Cc2ccccc2)c1C. The number of unbranched alkanes of at least 4 members (excludes halogenated alkanes) is 1. The first-order valence-electron chi connectivity index (χ1n) is 7.95. The van der Waals surface area contributed by atoms with Crippen molar-refractivity contribution in [2.75, 3.05) is 0 Å². The molecule has 0 saturated heterocycles. The normalized spacial score (nSPS) is 10.7. The van der Waals surface area contributed by atoms with Crippen molar-refractivity contribution in [3.05, 3.63) is 52.8 Å². The average molecular weight is 299 g/mol. The first-order valence-corrected chi connectivity index (χ1v) is 7.95. The molecule has 0 aliphatic heterocycles. The molecule has 0 spiro atoms. The molecule has 0 radical (unpaired) electrons. The minimum atomic E-state index is 0.122. The lowest BCUT2D eigenvalue weighted by atomic mass is 10.2. The van der Waals surface area contributed by atoms with Crippen molar-refractivity contribution in [2.24, 2.45) is 0 Å². The van der Waals surface area contributed by atoms with E-state index in [1.807, 2.05) is 29.8 Å². The van der Waals surface area contributed by atoms with Gasteiger partial charge in [0.15, 0.2) is 0 Å². The predicted molar refractivity (Wildman–Crippen MR) is 88.6 cm³/mol. The van der Waals surface area contributed by atoms with E-state index >= 15 is 0 Å². The summed E-state index contributed by atoms with van der Waals surface area (Å²) < 4.78 is 2.01. The van der Waals surface area contributed by atoms with Gasteiger partial charge in [0, 0.05) is 24.2 Å². The highest BCUT2D eigenvalue weighted by atomic mass is 16.1. The molecule has 4 nitrogen and oxygen atoms in total. The lowest BCUT2D eigenvalue weighted by Crippen LogP contribution is -2.23. The van der Waals surface area contributed by atoms with Crippen LogP contribution in [0.1, 0.15) is 48.7 Å². The Labute approximate surface area is 132 Å². The van der Waals surface area contributed by atoms with E-state index in [0.29, 0.717) is 13.0 Å². The summed E-state index contributed by atoms with van der Waals surface area (Å²) in [4.78, 5) is 11.8. The number of aryl methyl sites for hydroxylation is 1. The molecule has 2 aromatic rings. The van der Waals surface area contributed by atoms with E-state index < -0.39 is 0 Å². The zero-order chi connectivity index (χ0) is 15.9. The van der Waals surface area contributed by atoms with Gasteiger partial charge in [-0.2, -0.15) is 5.10 Å². The minimum absolute atomic E-state index is 0.122. The molecule has 0 aliphatic carbocycles. The smallest absolute Gasteiger partial charge is 0.220 e. The number of carbonyl (C=O) groups is 1. The van der Waals surface area contributed by atoms with E-state index in [1.54, 1.807) is 0 Å². The van der Waals surface area contributed by atoms with Gasteiger partial charge in [0.2, 0.25) is 5.91 Å². The Bertz CT molecular complexity index is 617. The quantitative estimate of drug-likeness (QED) is 0.852. The topological polar surface area (TPSA) is 46.9 Å². The van der Waals surface area contributed by atoms with E-state index in [-0.39, 0.29) is 5.91 Å². The molecule has 4 heteroatoms. The Balaban J connectivity index is 2.02. The van der Waals surface area contributed by atoms with Crippen molar-refractivity contribution in [1.82, 2.24) is 15.1 Å². The van der Waals surface area contributed by atoms with Crippen molar-refractivity contribution >= 4 is 5.91 Å². The first kappa shape index (κ1) is 16.3. The lowest BCUT2D eigenvalue weighted by molar-refractivity contribution is -0.121. The number of hydrogen-bond donors (Lipinski definition) is 1. The van der Waals surface area contributed by atoms with Gasteiger partial charge < -0.3 is 5.32 Å². The van der Waals surface area contributed by atoms with Crippen LogP contribution in [0.4, 0.5) is 0 Å². The van der Waals surface area contributed by atoms with Crippen molar-refractivity contribution in [3.63, 3.8) is 0 Å². The molecule has 0 aliphatic rings. The second-order valence-electron chi connectivity index (χ2n) is 5.67. The number of nitrogens with one attached hydrogen (secondary N) is 1. The van der Waals surface area contributed by atoms with Gasteiger partial charge in [-0.1, -0.05) is 43.7 Å². The molecule has 1 aromatic heterocycles. The highest BCUT2D eigenvalue weighted by molar-refractivity contribution is 5.75. The number of carbonyl (C=O) groups excluding carboxylic acids is 1. The third-order valence-corrected chi connectivity index (χ3v) is 3.93. The Morgan fingerprint density at radius 3 is 2.64 bits per heavy atom. The summed E-state index contributed by atoms with van der Waals surface area (Å²) in [6.07, 6.45) is 2.59. The number of benzene rings is 1. The highest BCUT2D eigenvalue weighted by Crippen LogP contribution is 2.14. The number of rotatable bonds is 7. The molecule has 0 fully saturated rings. The van der Waals surface area contributed by atoms with Crippen LogP contribution in [0, 0.1) is 13.8 Å². The van der Waals surface area contributed by atoms with Gasteiger partial charge in [-0.25, -0.2) is 0 Å². The van der Waals surface area contributed by atoms with Crippen molar-refractivity contribution in [1.29, 1.82) is 0 Å². The van der Waals surface area contributed by atoms with Crippen molar-refractivity contribution < 1.29 is 4.79 Å². The molecule has 0 bridgehead atoms. The van der Waals surface area contributed by atoms with Crippen LogP contribution in [0.3, 0.4) is 0 Å². The number of nitrogens with zero attached hydrogens (tertiary/aromatic N) is 2. The van der Waals surface area contributed by atoms with Crippen LogP contribution in [0.5, 0.6) is 0 Å². The monoisotopic (exact) mass is 299 g/mol. The van der Waals surface area contributed by atoms with E-state index in [2.05, 4.69) is 36.4 Å². The summed E-state index contributed by atoms with van der Waals surface area (Å²) in [7, 11) is 0. The summed E-state index contributed by atoms with van der Waals surface area (Å²) >= 11 is 0. The predicted octanol–water partition coefficient (Wildman–Crippen LogP) is 3.35. The van der Waals surface area contributed by atoms with E-state index in [4.69, 9.17) is 0 Å². The Morgan fingerprint density at radius 1 is 1.23 bits per heavy atom. The summed E-state index contributed by atoms with van der Waals surface area (Å²) in [5.41, 5.74) is 4.47. The fourth-order valence-electron chi connectivity index (χ4n) is 2.51. The van der Waals surface area contributed by atoms with Crippen LogP contribution < -0.4 is 5.32 Å². The molecule has 1 heterocycles. The zero-order valence-electron chi connectivity index (χ0n) is 13.7. The van der Waals surface area contributed by atoms with Crippen molar-refractivity contribution in [2.45, 2.75) is 53.1 Å². The van der Waals surface area contributed by atoms with Crippen molar-refractivity contribution in [3.8, 4) is 0 Å². The van der Waals surface area contributed by atoms with Crippen LogP contribution in [0.25, 0.3) is 0 Å². The van der Waals surface area contributed by atoms with Gasteiger partial charge in [0.1, 0.15) is 0 Å². The standard InChI is InChI=1S/C18H25N3O/c1-4-5-11-18(22)19-12-17-14(2)20-21(15(17)3)13-16-9-7-6-8-10-16/h6-10H,4-5,11-13H2,1-3H3,(H,19,22). The maximum atomic E-state index is 11.8. The molecule has 1 N–H and O–H groups in total. The van der Waals surface area contributed by atoms with E-state index in [9.17, 15) is 4.79 Å². The van der Waals surface area contributed by atoms with Gasteiger partial charge in [-0.05, 0) is 25.8 Å². The molecular formula is C18H25N3O. The van der Waals surface area contributed by atoms with Crippen LogP contribution in [0.15, 0.2) is 30.3 Å². The Hall–Kier alpha value is -2.10. The largest absolute Gasteiger partial charge is 0.352 e.